The monoisotopic (exact) mass is 500 g/mol. The van der Waals surface area contributed by atoms with Gasteiger partial charge in [-0.15, -0.1) is 0 Å². The summed E-state index contributed by atoms with van der Waals surface area (Å²) < 4.78 is 4.50. The maximum Gasteiger partial charge on any atom is 0.273 e. The van der Waals surface area contributed by atoms with Gasteiger partial charge in [0.25, 0.3) is 11.6 Å². The molecule has 1 aliphatic heterocycles. The third-order valence-electron chi connectivity index (χ3n) is 5.76. The number of halogens is 1. The van der Waals surface area contributed by atoms with E-state index in [2.05, 4.69) is 19.5 Å². The SMILES string of the molecule is Cc1ccc(C(=O)NCCN2CCN(c3nc(Cc4ccc(Cl)cc4)ns3)CC2)cc1[N+](=O)[O-]. The number of benzene rings is 2. The molecule has 9 nitrogen and oxygen atoms in total. The summed E-state index contributed by atoms with van der Waals surface area (Å²) >= 11 is 7.36. The minimum absolute atomic E-state index is 0.0447. The topological polar surface area (TPSA) is 104 Å². The van der Waals surface area contributed by atoms with Crippen molar-refractivity contribution in [2.75, 3.05) is 44.2 Å². The van der Waals surface area contributed by atoms with E-state index in [9.17, 15) is 14.9 Å². The van der Waals surface area contributed by atoms with Gasteiger partial charge in [-0.05, 0) is 30.7 Å². The predicted molar refractivity (Wildman–Crippen MR) is 133 cm³/mol. The second-order valence-corrected chi connectivity index (χ2v) is 9.31. The van der Waals surface area contributed by atoms with E-state index in [4.69, 9.17) is 16.6 Å². The molecule has 0 spiro atoms. The lowest BCUT2D eigenvalue weighted by atomic mass is 10.1. The van der Waals surface area contributed by atoms with Crippen LogP contribution in [0.2, 0.25) is 5.02 Å². The van der Waals surface area contributed by atoms with E-state index in [0.717, 1.165) is 42.7 Å². The van der Waals surface area contributed by atoms with Gasteiger partial charge in [-0.25, -0.2) is 4.98 Å². The summed E-state index contributed by atoms with van der Waals surface area (Å²) in [4.78, 5) is 32.2. The van der Waals surface area contributed by atoms with Crippen LogP contribution in [-0.4, -0.2) is 64.4 Å². The lowest BCUT2D eigenvalue weighted by molar-refractivity contribution is -0.385. The first-order chi connectivity index (χ1) is 16.4. The van der Waals surface area contributed by atoms with Crippen LogP contribution >= 0.6 is 23.1 Å². The second kappa shape index (κ2) is 10.9. The second-order valence-electron chi connectivity index (χ2n) is 8.14. The minimum atomic E-state index is -0.468. The van der Waals surface area contributed by atoms with Crippen LogP contribution in [0.15, 0.2) is 42.5 Å². The lowest BCUT2D eigenvalue weighted by Gasteiger charge is -2.34. The van der Waals surface area contributed by atoms with Crippen molar-refractivity contribution in [3.8, 4) is 0 Å². The van der Waals surface area contributed by atoms with E-state index in [1.165, 1.54) is 17.6 Å². The summed E-state index contributed by atoms with van der Waals surface area (Å²) in [5.41, 5.74) is 1.91. The molecule has 4 rings (SSSR count). The van der Waals surface area contributed by atoms with E-state index in [0.29, 0.717) is 35.7 Å². The van der Waals surface area contributed by atoms with Crippen molar-refractivity contribution in [3.05, 3.63) is 80.1 Å². The van der Waals surface area contributed by atoms with Crippen molar-refractivity contribution in [3.63, 3.8) is 0 Å². The molecular formula is C23H25ClN6O3S. The normalized spacial score (nSPS) is 14.2. The van der Waals surface area contributed by atoms with Crippen molar-refractivity contribution < 1.29 is 9.72 Å². The van der Waals surface area contributed by atoms with Crippen LogP contribution in [-0.2, 0) is 6.42 Å². The molecule has 1 N–H and O–H groups in total. The molecular weight excluding hydrogens is 476 g/mol. The zero-order valence-electron chi connectivity index (χ0n) is 18.7. The summed E-state index contributed by atoms with van der Waals surface area (Å²) in [6, 6.07) is 12.3. The van der Waals surface area contributed by atoms with Crippen LogP contribution in [0.5, 0.6) is 0 Å². The van der Waals surface area contributed by atoms with Crippen LogP contribution in [0, 0.1) is 17.0 Å². The molecule has 1 amide bonds. The Morgan fingerprint density at radius 3 is 2.62 bits per heavy atom. The van der Waals surface area contributed by atoms with E-state index in [1.54, 1.807) is 19.1 Å². The number of anilines is 1. The number of aromatic nitrogens is 2. The van der Waals surface area contributed by atoms with Crippen molar-refractivity contribution in [2.24, 2.45) is 0 Å². The molecule has 0 saturated carbocycles. The molecule has 11 heteroatoms. The van der Waals surface area contributed by atoms with Gasteiger partial charge in [-0.1, -0.05) is 29.8 Å². The number of hydrogen-bond acceptors (Lipinski definition) is 8. The number of nitrogens with one attached hydrogen (secondary N) is 1. The Labute approximate surface area is 206 Å². The largest absolute Gasteiger partial charge is 0.351 e. The van der Waals surface area contributed by atoms with Crippen molar-refractivity contribution in [1.82, 2.24) is 19.6 Å². The molecule has 178 valence electrons. The molecule has 0 bridgehead atoms. The van der Waals surface area contributed by atoms with E-state index >= 15 is 0 Å². The van der Waals surface area contributed by atoms with Gasteiger partial charge in [0.2, 0.25) is 5.13 Å². The Bertz CT molecular complexity index is 1160. The fourth-order valence-corrected chi connectivity index (χ4v) is 4.63. The highest BCUT2D eigenvalue weighted by atomic mass is 35.5. The van der Waals surface area contributed by atoms with Crippen LogP contribution < -0.4 is 10.2 Å². The van der Waals surface area contributed by atoms with Crippen molar-refractivity contribution in [1.29, 1.82) is 0 Å². The lowest BCUT2D eigenvalue weighted by Crippen LogP contribution is -2.48. The van der Waals surface area contributed by atoms with Gasteiger partial charge >= 0.3 is 0 Å². The van der Waals surface area contributed by atoms with E-state index in [1.807, 2.05) is 24.3 Å². The number of nitro benzene ring substituents is 1. The van der Waals surface area contributed by atoms with Gasteiger partial charge in [-0.2, -0.15) is 4.37 Å². The molecule has 1 aliphatic rings. The average Bonchev–Trinajstić information content (AvgIpc) is 3.29. The molecule has 0 unspecified atom stereocenters. The quantitative estimate of drug-likeness (QED) is 0.372. The van der Waals surface area contributed by atoms with Gasteiger partial charge in [0, 0.05) is 79.4 Å². The van der Waals surface area contributed by atoms with Crippen molar-refractivity contribution in [2.45, 2.75) is 13.3 Å². The van der Waals surface area contributed by atoms with Gasteiger partial charge < -0.3 is 10.2 Å². The summed E-state index contributed by atoms with van der Waals surface area (Å²) in [6.07, 6.45) is 0.678. The molecule has 1 fully saturated rings. The highest BCUT2D eigenvalue weighted by molar-refractivity contribution is 7.09. The number of carbonyl (C=O) groups excluding carboxylic acids is 1. The molecule has 0 radical (unpaired) electrons. The standard InChI is InChI=1S/C23H25ClN6O3S/c1-16-2-5-18(15-20(16)30(32)33)22(31)25-8-9-28-10-12-29(13-11-28)23-26-21(27-34-23)14-17-3-6-19(24)7-4-17/h2-7,15H,8-14H2,1H3,(H,25,31). The van der Waals surface area contributed by atoms with Crippen LogP contribution in [0.25, 0.3) is 0 Å². The number of amides is 1. The van der Waals surface area contributed by atoms with Crippen molar-refractivity contribution >= 4 is 39.9 Å². The third kappa shape index (κ3) is 6.07. The molecule has 0 atom stereocenters. The highest BCUT2D eigenvalue weighted by Crippen LogP contribution is 2.21. The Balaban J connectivity index is 1.21. The molecule has 1 aromatic heterocycles. The summed E-state index contributed by atoms with van der Waals surface area (Å²) in [5, 5.41) is 15.6. The van der Waals surface area contributed by atoms with E-state index in [-0.39, 0.29) is 11.6 Å². The Morgan fingerprint density at radius 1 is 1.18 bits per heavy atom. The van der Waals surface area contributed by atoms with Gasteiger partial charge in [0.15, 0.2) is 0 Å². The first-order valence-electron chi connectivity index (χ1n) is 11.0. The van der Waals surface area contributed by atoms with Crippen LogP contribution in [0.3, 0.4) is 0 Å². The molecule has 2 heterocycles. The Morgan fingerprint density at radius 2 is 1.91 bits per heavy atom. The number of aryl methyl sites for hydroxylation is 1. The summed E-state index contributed by atoms with van der Waals surface area (Å²) in [6.45, 7) is 6.25. The third-order valence-corrected chi connectivity index (χ3v) is 6.82. The summed E-state index contributed by atoms with van der Waals surface area (Å²) in [7, 11) is 0. The fourth-order valence-electron chi connectivity index (χ4n) is 3.77. The Hall–Kier alpha value is -3.08. The zero-order chi connectivity index (χ0) is 24.1. The fraction of sp³-hybridized carbons (Fsp3) is 0.348. The van der Waals surface area contributed by atoms with Gasteiger partial charge in [0.05, 0.1) is 4.92 Å². The molecule has 0 aliphatic carbocycles. The van der Waals surface area contributed by atoms with E-state index < -0.39 is 4.92 Å². The molecule has 2 aromatic carbocycles. The molecule has 1 saturated heterocycles. The number of nitrogens with zero attached hydrogens (tertiary/aromatic N) is 5. The maximum atomic E-state index is 12.4. The number of rotatable bonds is 8. The first-order valence-corrected chi connectivity index (χ1v) is 12.1. The molecule has 3 aromatic rings. The number of carbonyl (C=O) groups is 1. The van der Waals surface area contributed by atoms with Crippen LogP contribution in [0.1, 0.15) is 27.3 Å². The number of piperazine rings is 1. The summed E-state index contributed by atoms with van der Waals surface area (Å²) in [5.74, 6) is 0.507. The first kappa shape index (κ1) is 24.1. The van der Waals surface area contributed by atoms with Gasteiger partial charge in [0.1, 0.15) is 5.82 Å². The number of nitro groups is 1. The number of hydrogen-bond donors (Lipinski definition) is 1. The zero-order valence-corrected chi connectivity index (χ0v) is 20.3. The van der Waals surface area contributed by atoms with Gasteiger partial charge in [-0.3, -0.25) is 19.8 Å². The van der Waals surface area contributed by atoms with Crippen LogP contribution in [0.4, 0.5) is 10.8 Å². The highest BCUT2D eigenvalue weighted by Gasteiger charge is 2.20. The molecule has 34 heavy (non-hydrogen) atoms. The maximum absolute atomic E-state index is 12.4. The predicted octanol–water partition coefficient (Wildman–Crippen LogP) is 3.55. The smallest absolute Gasteiger partial charge is 0.273 e. The minimum Gasteiger partial charge on any atom is -0.351 e. The average molecular weight is 501 g/mol. The Kier molecular flexibility index (Phi) is 7.71.